The lowest BCUT2D eigenvalue weighted by Crippen LogP contribution is -2.15. The number of pyridine rings is 1. The zero-order valence-corrected chi connectivity index (χ0v) is 13.1. The number of halogens is 1. The minimum absolute atomic E-state index is 0.0214. The van der Waals surface area contributed by atoms with Crippen LogP contribution in [-0.2, 0) is 4.74 Å². The van der Waals surface area contributed by atoms with Crippen molar-refractivity contribution in [1.29, 1.82) is 0 Å². The van der Waals surface area contributed by atoms with Crippen molar-refractivity contribution in [3.05, 3.63) is 36.3 Å². The molecule has 0 aliphatic heterocycles. The summed E-state index contributed by atoms with van der Waals surface area (Å²) in [4.78, 5) is 26.0. The van der Waals surface area contributed by atoms with Gasteiger partial charge in [0.05, 0.1) is 6.61 Å². The summed E-state index contributed by atoms with van der Waals surface area (Å²) in [7, 11) is 0. The third-order valence-electron chi connectivity index (χ3n) is 2.85. The van der Waals surface area contributed by atoms with E-state index < -0.39 is 18.0 Å². The van der Waals surface area contributed by atoms with Gasteiger partial charge >= 0.3 is 12.2 Å². The molecule has 0 radical (unpaired) electrons. The fourth-order valence-electron chi connectivity index (χ4n) is 1.84. The number of anilines is 3. The van der Waals surface area contributed by atoms with Crippen molar-refractivity contribution in [2.75, 3.05) is 23.0 Å². The molecule has 0 fully saturated rings. The van der Waals surface area contributed by atoms with Crippen LogP contribution in [0.15, 0.2) is 30.5 Å². The van der Waals surface area contributed by atoms with E-state index in [-0.39, 0.29) is 35.3 Å². The van der Waals surface area contributed by atoms with Gasteiger partial charge in [0.25, 0.3) is 0 Å². The van der Waals surface area contributed by atoms with Gasteiger partial charge in [0.1, 0.15) is 5.69 Å². The van der Waals surface area contributed by atoms with Crippen molar-refractivity contribution in [3.63, 3.8) is 0 Å². The highest BCUT2D eigenvalue weighted by Gasteiger charge is 2.15. The van der Waals surface area contributed by atoms with Gasteiger partial charge in [0.2, 0.25) is 0 Å². The number of rotatable bonds is 5. The van der Waals surface area contributed by atoms with Crippen molar-refractivity contribution < 1.29 is 28.6 Å². The Kier molecular flexibility index (Phi) is 5.56. The van der Waals surface area contributed by atoms with Crippen LogP contribution in [0.4, 0.5) is 31.2 Å². The molecular weight excluding hydrogens is 335 g/mol. The van der Waals surface area contributed by atoms with E-state index in [1.165, 1.54) is 24.4 Å². The molecule has 1 heterocycles. The fraction of sp³-hybridized carbons (Fsp3) is 0.133. The molecule has 1 aromatic heterocycles. The van der Waals surface area contributed by atoms with Crippen LogP contribution in [0.25, 0.3) is 0 Å². The zero-order chi connectivity index (χ0) is 18.4. The number of carboxylic acid groups (broad SMARTS) is 1. The lowest BCUT2D eigenvalue weighted by molar-refractivity contribution is 0.168. The predicted molar refractivity (Wildman–Crippen MR) is 87.4 cm³/mol. The lowest BCUT2D eigenvalue weighted by atomic mass is 10.3. The molecule has 132 valence electrons. The number of benzene rings is 1. The fourth-order valence-corrected chi connectivity index (χ4v) is 1.84. The number of nitrogens with two attached hydrogens (primary N) is 1. The molecule has 0 aliphatic carbocycles. The van der Waals surface area contributed by atoms with Gasteiger partial charge in [-0.05, 0) is 19.1 Å². The monoisotopic (exact) mass is 350 g/mol. The third-order valence-corrected chi connectivity index (χ3v) is 2.85. The molecule has 9 nitrogen and oxygen atoms in total. The van der Waals surface area contributed by atoms with Gasteiger partial charge in [-0.1, -0.05) is 0 Å². The summed E-state index contributed by atoms with van der Waals surface area (Å²) in [6.45, 7) is 1.78. The molecule has 1 aromatic carbocycles. The number of nitrogens with zero attached hydrogens (tertiary/aromatic N) is 1. The molecule has 0 aliphatic rings. The normalized spacial score (nSPS) is 10.0. The third kappa shape index (κ3) is 4.70. The van der Waals surface area contributed by atoms with Crippen molar-refractivity contribution in [1.82, 2.24) is 4.98 Å². The van der Waals surface area contributed by atoms with E-state index in [0.29, 0.717) is 0 Å². The molecule has 2 rings (SSSR count). The van der Waals surface area contributed by atoms with Gasteiger partial charge in [0, 0.05) is 24.0 Å². The summed E-state index contributed by atoms with van der Waals surface area (Å²) >= 11 is 0. The van der Waals surface area contributed by atoms with Crippen LogP contribution in [0, 0.1) is 5.82 Å². The molecule has 0 unspecified atom stereocenters. The van der Waals surface area contributed by atoms with Gasteiger partial charge < -0.3 is 20.3 Å². The highest BCUT2D eigenvalue weighted by atomic mass is 19.1. The summed E-state index contributed by atoms with van der Waals surface area (Å²) in [6, 6.07) is 4.87. The number of hydrogen-bond acceptors (Lipinski definition) is 6. The molecule has 2 amide bonds. The number of hydrogen-bond donors (Lipinski definition) is 4. The first kappa shape index (κ1) is 17.8. The van der Waals surface area contributed by atoms with Crippen molar-refractivity contribution in [3.8, 4) is 11.5 Å². The molecular formula is C15H15FN4O5. The minimum atomic E-state index is -1.32. The van der Waals surface area contributed by atoms with Crippen LogP contribution >= 0.6 is 0 Å². The first-order valence-corrected chi connectivity index (χ1v) is 7.06. The maximum absolute atomic E-state index is 14.1. The Morgan fingerprint density at radius 1 is 1.28 bits per heavy atom. The van der Waals surface area contributed by atoms with Gasteiger partial charge in [-0.15, -0.1) is 0 Å². The molecule has 2 aromatic rings. The van der Waals surface area contributed by atoms with Crippen molar-refractivity contribution in [2.45, 2.75) is 6.92 Å². The predicted octanol–water partition coefficient (Wildman–Crippen LogP) is 3.25. The Hall–Kier alpha value is -3.56. The SMILES string of the molecule is CCOC(=O)Nc1c(Oc2ccc(NC(=O)O)cc2F)ccnc1N. The smallest absolute Gasteiger partial charge is 0.411 e. The Labute approximate surface area is 141 Å². The minimum Gasteiger partial charge on any atom is -0.465 e. The maximum Gasteiger partial charge on any atom is 0.411 e. The Morgan fingerprint density at radius 3 is 2.68 bits per heavy atom. The number of amides is 2. The topological polar surface area (TPSA) is 136 Å². The summed E-state index contributed by atoms with van der Waals surface area (Å²) in [5, 5.41) is 13.0. The van der Waals surface area contributed by atoms with Crippen LogP contribution in [0.2, 0.25) is 0 Å². The van der Waals surface area contributed by atoms with E-state index in [1.807, 2.05) is 5.32 Å². The Balaban J connectivity index is 2.26. The second-order valence-electron chi connectivity index (χ2n) is 4.59. The van der Waals surface area contributed by atoms with Crippen LogP contribution < -0.4 is 21.1 Å². The number of carbonyl (C=O) groups is 2. The van der Waals surface area contributed by atoms with Gasteiger partial charge in [0.15, 0.2) is 23.1 Å². The number of nitrogens with one attached hydrogen (secondary N) is 2. The number of nitrogen functional groups attached to an aromatic ring is 1. The van der Waals surface area contributed by atoms with Crippen LogP contribution in [-0.4, -0.2) is 28.9 Å². The molecule has 0 saturated carbocycles. The molecule has 10 heteroatoms. The lowest BCUT2D eigenvalue weighted by Gasteiger charge is -2.14. The van der Waals surface area contributed by atoms with E-state index in [9.17, 15) is 14.0 Å². The van der Waals surface area contributed by atoms with Crippen LogP contribution in [0.3, 0.4) is 0 Å². The highest BCUT2D eigenvalue weighted by molar-refractivity contribution is 5.90. The molecule has 0 atom stereocenters. The van der Waals surface area contributed by atoms with Gasteiger partial charge in [-0.3, -0.25) is 10.6 Å². The average Bonchev–Trinajstić information content (AvgIpc) is 2.53. The molecule has 0 spiro atoms. The number of aromatic nitrogens is 1. The highest BCUT2D eigenvalue weighted by Crippen LogP contribution is 2.34. The Bertz CT molecular complexity index is 799. The van der Waals surface area contributed by atoms with E-state index in [2.05, 4.69) is 10.3 Å². The summed E-state index contributed by atoms with van der Waals surface area (Å²) in [5.41, 5.74) is 5.77. The summed E-state index contributed by atoms with van der Waals surface area (Å²) in [5.74, 6) is -1.02. The quantitative estimate of drug-likeness (QED) is 0.650. The first-order valence-electron chi connectivity index (χ1n) is 7.06. The summed E-state index contributed by atoms with van der Waals surface area (Å²) in [6.07, 6.45) is -0.774. The molecule has 0 saturated heterocycles. The first-order chi connectivity index (χ1) is 11.9. The second-order valence-corrected chi connectivity index (χ2v) is 4.59. The zero-order valence-electron chi connectivity index (χ0n) is 13.1. The van der Waals surface area contributed by atoms with E-state index >= 15 is 0 Å². The van der Waals surface area contributed by atoms with E-state index in [0.717, 1.165) is 6.07 Å². The van der Waals surface area contributed by atoms with Crippen molar-refractivity contribution >= 4 is 29.4 Å². The Morgan fingerprint density at radius 2 is 2.04 bits per heavy atom. The molecule has 25 heavy (non-hydrogen) atoms. The standard InChI is InChI=1S/C15H15FN4O5/c1-2-24-15(23)20-12-11(5-6-18-13(12)17)25-10-4-3-8(7-9(10)16)19-14(21)22/h3-7,19H,2H2,1H3,(H2,17,18)(H,20,23)(H,21,22). The second kappa shape index (κ2) is 7.81. The maximum atomic E-state index is 14.1. The largest absolute Gasteiger partial charge is 0.465 e. The molecule has 5 N–H and O–H groups in total. The average molecular weight is 350 g/mol. The number of carbonyl (C=O) groups excluding carboxylic acids is 1. The van der Waals surface area contributed by atoms with Gasteiger partial charge in [-0.25, -0.2) is 19.0 Å². The van der Waals surface area contributed by atoms with E-state index in [4.69, 9.17) is 20.3 Å². The van der Waals surface area contributed by atoms with Gasteiger partial charge in [-0.2, -0.15) is 0 Å². The van der Waals surface area contributed by atoms with Crippen LogP contribution in [0.1, 0.15) is 6.92 Å². The number of ether oxygens (including phenoxy) is 2. The van der Waals surface area contributed by atoms with E-state index in [1.54, 1.807) is 6.92 Å². The summed E-state index contributed by atoms with van der Waals surface area (Å²) < 4.78 is 24.3. The van der Waals surface area contributed by atoms with Crippen molar-refractivity contribution in [2.24, 2.45) is 0 Å². The molecule has 0 bridgehead atoms. The van der Waals surface area contributed by atoms with Crippen LogP contribution in [0.5, 0.6) is 11.5 Å².